The van der Waals surface area contributed by atoms with E-state index in [1.165, 1.54) is 0 Å². The highest BCUT2D eigenvalue weighted by molar-refractivity contribution is 7.87. The first kappa shape index (κ1) is 12.1. The first-order valence-electron chi connectivity index (χ1n) is 4.30. The molecule has 2 aliphatic rings. The predicted octanol–water partition coefficient (Wildman–Crippen LogP) is -0.880. The van der Waals surface area contributed by atoms with Gasteiger partial charge in [-0.05, 0) is 0 Å². The Labute approximate surface area is 90.8 Å². The Hall–Kier alpha value is -0.320. The highest BCUT2D eigenvalue weighted by Gasteiger charge is 2.53. The molecule has 0 aromatic rings. The maximum atomic E-state index is 13.2. The minimum Gasteiger partial charge on any atom is -0.261 e. The number of hydrogen-bond acceptors (Lipinski definition) is 6. The van der Waals surface area contributed by atoms with Gasteiger partial charge >= 0.3 is 0 Å². The van der Waals surface area contributed by atoms with Crippen LogP contribution in [0.25, 0.3) is 0 Å². The van der Waals surface area contributed by atoms with E-state index in [1.54, 1.807) is 0 Å². The lowest BCUT2D eigenvalue weighted by atomic mass is 10.1. The normalized spacial score (nSPS) is 45.9. The zero-order chi connectivity index (χ0) is 12.1. The third-order valence-electron chi connectivity index (χ3n) is 2.28. The van der Waals surface area contributed by atoms with Crippen LogP contribution in [0.15, 0.2) is 0 Å². The Balaban J connectivity index is 2.21. The molecule has 4 atom stereocenters. The lowest BCUT2D eigenvalue weighted by Gasteiger charge is -2.17. The summed E-state index contributed by atoms with van der Waals surface area (Å²) in [6.45, 7) is 0. The Morgan fingerprint density at radius 3 is 1.31 bits per heavy atom. The second-order valence-corrected chi connectivity index (χ2v) is 6.88. The highest BCUT2D eigenvalue weighted by Crippen LogP contribution is 2.31. The fourth-order valence-corrected chi connectivity index (χ4v) is 4.09. The second-order valence-electron chi connectivity index (χ2n) is 3.60. The van der Waals surface area contributed by atoms with Gasteiger partial charge in [-0.15, -0.1) is 0 Å². The van der Waals surface area contributed by atoms with Gasteiger partial charge in [-0.2, -0.15) is 16.8 Å². The molecule has 2 fully saturated rings. The van der Waals surface area contributed by atoms with Crippen molar-refractivity contribution in [3.05, 3.63) is 0 Å². The molecule has 0 N–H and O–H groups in total. The van der Waals surface area contributed by atoms with Gasteiger partial charge in [0.2, 0.25) is 0 Å². The summed E-state index contributed by atoms with van der Waals surface area (Å²) >= 11 is 0. The van der Waals surface area contributed by atoms with E-state index in [2.05, 4.69) is 8.37 Å². The van der Waals surface area contributed by atoms with Crippen molar-refractivity contribution >= 4 is 20.2 Å². The molecule has 0 radical (unpaired) electrons. The zero-order valence-corrected chi connectivity index (χ0v) is 9.38. The van der Waals surface area contributed by atoms with Crippen LogP contribution >= 0.6 is 0 Å². The summed E-state index contributed by atoms with van der Waals surface area (Å²) in [5, 5.41) is 0. The molecule has 0 aromatic carbocycles. The van der Waals surface area contributed by atoms with Crippen molar-refractivity contribution in [3.63, 3.8) is 0 Å². The molecular weight excluding hydrogens is 270 g/mol. The molecule has 0 amide bonds. The fourth-order valence-electron chi connectivity index (χ4n) is 1.64. The van der Waals surface area contributed by atoms with E-state index >= 15 is 0 Å². The van der Waals surface area contributed by atoms with E-state index < -0.39 is 56.3 Å². The van der Waals surface area contributed by atoms with Gasteiger partial charge < -0.3 is 0 Å². The molecule has 0 aliphatic carbocycles. The Bertz CT molecular complexity index is 439. The molecule has 2 rings (SSSR count). The molecule has 94 valence electrons. The zero-order valence-electron chi connectivity index (χ0n) is 7.75. The van der Waals surface area contributed by atoms with Gasteiger partial charge in [0.1, 0.15) is 36.1 Å². The quantitative estimate of drug-likeness (QED) is 0.579. The Morgan fingerprint density at radius 2 is 1.12 bits per heavy atom. The van der Waals surface area contributed by atoms with Crippen LogP contribution in [0.1, 0.15) is 0 Å². The molecular formula is C6H8F2O6S2. The predicted molar refractivity (Wildman–Crippen MR) is 47.1 cm³/mol. The molecule has 0 spiro atoms. The third kappa shape index (κ3) is 2.19. The van der Waals surface area contributed by atoms with Crippen LogP contribution in [-0.4, -0.2) is 52.9 Å². The van der Waals surface area contributed by atoms with E-state index in [4.69, 9.17) is 0 Å². The number of hydrogen-bond donors (Lipinski definition) is 0. The van der Waals surface area contributed by atoms with Crippen LogP contribution in [0.3, 0.4) is 0 Å². The standard InChI is InChI=1S/C6H8F2O6S2/c7-3-1-15(9,10)13-5(3)6-4(8)2-16(11,12)14-6/h3-6H,1-2H2. The number of rotatable bonds is 1. The van der Waals surface area contributed by atoms with Crippen molar-refractivity contribution in [2.45, 2.75) is 24.6 Å². The van der Waals surface area contributed by atoms with Crippen LogP contribution in [0, 0.1) is 0 Å². The van der Waals surface area contributed by atoms with E-state index in [0.29, 0.717) is 0 Å². The lowest BCUT2D eigenvalue weighted by Crippen LogP contribution is -2.38. The summed E-state index contributed by atoms with van der Waals surface area (Å²) in [4.78, 5) is 0. The third-order valence-corrected chi connectivity index (χ3v) is 4.76. The summed E-state index contributed by atoms with van der Waals surface area (Å²) in [5.41, 5.74) is 0. The first-order valence-corrected chi connectivity index (χ1v) is 7.46. The second kappa shape index (κ2) is 3.59. The molecule has 10 heteroatoms. The van der Waals surface area contributed by atoms with Crippen molar-refractivity contribution in [1.29, 1.82) is 0 Å². The van der Waals surface area contributed by atoms with E-state index in [1.807, 2.05) is 0 Å². The average molecular weight is 278 g/mol. The van der Waals surface area contributed by atoms with Crippen LogP contribution in [-0.2, 0) is 28.6 Å². The van der Waals surface area contributed by atoms with Gasteiger partial charge in [0.05, 0.1) is 0 Å². The summed E-state index contributed by atoms with van der Waals surface area (Å²) in [5.74, 6) is -1.82. The maximum absolute atomic E-state index is 13.2. The van der Waals surface area contributed by atoms with Crippen molar-refractivity contribution < 1.29 is 34.0 Å². The van der Waals surface area contributed by atoms with Gasteiger partial charge in [0, 0.05) is 0 Å². The van der Waals surface area contributed by atoms with Crippen molar-refractivity contribution in [1.82, 2.24) is 0 Å². The Morgan fingerprint density at radius 1 is 0.812 bits per heavy atom. The largest absolute Gasteiger partial charge is 0.270 e. The molecule has 0 saturated carbocycles. The van der Waals surface area contributed by atoms with Gasteiger partial charge in [-0.3, -0.25) is 8.37 Å². The molecule has 0 aromatic heterocycles. The Kier molecular flexibility index (Phi) is 2.72. The van der Waals surface area contributed by atoms with Crippen LogP contribution in [0.2, 0.25) is 0 Å². The number of halogens is 2. The van der Waals surface area contributed by atoms with Crippen molar-refractivity contribution in [3.8, 4) is 0 Å². The average Bonchev–Trinajstić information content (AvgIpc) is 2.48. The van der Waals surface area contributed by atoms with Crippen LogP contribution < -0.4 is 0 Å². The maximum Gasteiger partial charge on any atom is 0.270 e. The summed E-state index contributed by atoms with van der Waals surface area (Å²) in [6.07, 6.45) is -7.42. The van der Waals surface area contributed by atoms with E-state index in [0.717, 1.165) is 0 Å². The number of alkyl halides is 2. The van der Waals surface area contributed by atoms with E-state index in [-0.39, 0.29) is 0 Å². The smallest absolute Gasteiger partial charge is 0.261 e. The minimum atomic E-state index is -4.06. The van der Waals surface area contributed by atoms with Crippen molar-refractivity contribution in [2.24, 2.45) is 0 Å². The molecule has 4 unspecified atom stereocenters. The summed E-state index contributed by atoms with van der Waals surface area (Å²) in [6, 6.07) is 0. The van der Waals surface area contributed by atoms with Crippen molar-refractivity contribution in [2.75, 3.05) is 11.5 Å². The lowest BCUT2D eigenvalue weighted by molar-refractivity contribution is 0.0111. The molecule has 2 heterocycles. The molecule has 16 heavy (non-hydrogen) atoms. The van der Waals surface area contributed by atoms with Crippen LogP contribution in [0.4, 0.5) is 8.78 Å². The highest BCUT2D eigenvalue weighted by atomic mass is 32.2. The molecule has 0 bridgehead atoms. The summed E-state index contributed by atoms with van der Waals surface area (Å²) in [7, 11) is -8.12. The molecule has 2 saturated heterocycles. The monoisotopic (exact) mass is 278 g/mol. The minimum absolute atomic E-state index is 0.912. The summed E-state index contributed by atoms with van der Waals surface area (Å²) < 4.78 is 78.5. The van der Waals surface area contributed by atoms with Gasteiger partial charge in [0.25, 0.3) is 20.2 Å². The first-order chi connectivity index (χ1) is 7.20. The van der Waals surface area contributed by atoms with Gasteiger partial charge in [-0.1, -0.05) is 0 Å². The molecule has 2 aliphatic heterocycles. The molecule has 6 nitrogen and oxygen atoms in total. The topological polar surface area (TPSA) is 86.7 Å². The van der Waals surface area contributed by atoms with Gasteiger partial charge in [0.15, 0.2) is 0 Å². The van der Waals surface area contributed by atoms with Gasteiger partial charge in [-0.25, -0.2) is 8.78 Å². The van der Waals surface area contributed by atoms with Crippen LogP contribution in [0.5, 0.6) is 0 Å². The SMILES string of the molecule is O=S1(=O)CC(F)C(C2OS(=O)(=O)CC2F)O1. The fraction of sp³-hybridized carbons (Fsp3) is 1.00. The van der Waals surface area contributed by atoms with E-state index in [9.17, 15) is 25.6 Å².